The molecule has 1 fully saturated rings. The van der Waals surface area contributed by atoms with Gasteiger partial charge in [0.05, 0.1) is 5.56 Å². The van der Waals surface area contributed by atoms with Crippen LogP contribution in [0.2, 0.25) is 0 Å². The number of halogens is 2. The quantitative estimate of drug-likeness (QED) is 0.789. The predicted molar refractivity (Wildman–Crippen MR) is 64.8 cm³/mol. The summed E-state index contributed by atoms with van der Waals surface area (Å²) >= 11 is 0. The van der Waals surface area contributed by atoms with Gasteiger partial charge in [-0.05, 0) is 44.4 Å². The monoisotopic (exact) mass is 270 g/mol. The van der Waals surface area contributed by atoms with Gasteiger partial charge in [0.1, 0.15) is 17.7 Å². The standard InChI is InChI=1S/C14H16F2O3/c1-9(19-13-4-2-3-7-18-13)14(17)11-8-10(15)5-6-12(11)16/h5-6,8-9,13H,2-4,7H2,1H3/t9-,13?/m0/s1. The summed E-state index contributed by atoms with van der Waals surface area (Å²) < 4.78 is 37.3. The minimum absolute atomic E-state index is 0.289. The highest BCUT2D eigenvalue weighted by Gasteiger charge is 2.24. The summed E-state index contributed by atoms with van der Waals surface area (Å²) in [6.45, 7) is 2.12. The van der Waals surface area contributed by atoms with E-state index in [2.05, 4.69) is 0 Å². The summed E-state index contributed by atoms with van der Waals surface area (Å²) in [5.74, 6) is -1.97. The van der Waals surface area contributed by atoms with E-state index in [1.54, 1.807) is 0 Å². The first-order chi connectivity index (χ1) is 9.08. The molecule has 1 aliphatic rings. The Balaban J connectivity index is 2.03. The van der Waals surface area contributed by atoms with E-state index in [1.807, 2.05) is 0 Å². The number of benzene rings is 1. The second-order valence-electron chi connectivity index (χ2n) is 4.56. The molecule has 1 aromatic rings. The molecule has 1 aliphatic heterocycles. The zero-order chi connectivity index (χ0) is 13.8. The average molecular weight is 270 g/mol. The summed E-state index contributed by atoms with van der Waals surface area (Å²) in [6.07, 6.45) is 1.35. The van der Waals surface area contributed by atoms with Gasteiger partial charge in [-0.1, -0.05) is 0 Å². The molecule has 19 heavy (non-hydrogen) atoms. The fourth-order valence-electron chi connectivity index (χ4n) is 2.01. The van der Waals surface area contributed by atoms with E-state index in [4.69, 9.17) is 9.47 Å². The molecule has 2 atom stereocenters. The van der Waals surface area contributed by atoms with E-state index >= 15 is 0 Å². The van der Waals surface area contributed by atoms with Crippen molar-refractivity contribution < 1.29 is 23.0 Å². The van der Waals surface area contributed by atoms with Gasteiger partial charge in [-0.15, -0.1) is 0 Å². The maximum atomic E-state index is 13.5. The Hall–Kier alpha value is -1.33. The molecule has 0 aromatic heterocycles. The van der Waals surface area contributed by atoms with Crippen LogP contribution in [0.5, 0.6) is 0 Å². The number of carbonyl (C=O) groups excluding carboxylic acids is 1. The number of Topliss-reactive ketones (excluding diaryl/α,β-unsaturated/α-hetero) is 1. The van der Waals surface area contributed by atoms with E-state index in [9.17, 15) is 13.6 Å². The van der Waals surface area contributed by atoms with Gasteiger partial charge in [-0.3, -0.25) is 4.79 Å². The van der Waals surface area contributed by atoms with Crippen molar-refractivity contribution in [2.75, 3.05) is 6.61 Å². The lowest BCUT2D eigenvalue weighted by Gasteiger charge is -2.25. The zero-order valence-corrected chi connectivity index (χ0v) is 10.7. The molecule has 3 nitrogen and oxygen atoms in total. The Bertz CT molecular complexity index is 456. The Morgan fingerprint density at radius 2 is 2.21 bits per heavy atom. The lowest BCUT2D eigenvalue weighted by Crippen LogP contribution is -2.31. The van der Waals surface area contributed by atoms with Crippen molar-refractivity contribution in [2.45, 2.75) is 38.6 Å². The fourth-order valence-corrected chi connectivity index (χ4v) is 2.01. The van der Waals surface area contributed by atoms with Crippen LogP contribution < -0.4 is 0 Å². The molecule has 104 valence electrons. The Morgan fingerprint density at radius 1 is 1.42 bits per heavy atom. The van der Waals surface area contributed by atoms with Crippen molar-refractivity contribution in [3.8, 4) is 0 Å². The minimum atomic E-state index is -0.862. The van der Waals surface area contributed by atoms with Gasteiger partial charge in [0.25, 0.3) is 0 Å². The van der Waals surface area contributed by atoms with Crippen LogP contribution in [0.15, 0.2) is 18.2 Å². The van der Waals surface area contributed by atoms with Crippen LogP contribution in [-0.2, 0) is 9.47 Å². The zero-order valence-electron chi connectivity index (χ0n) is 10.7. The van der Waals surface area contributed by atoms with E-state index < -0.39 is 29.8 Å². The van der Waals surface area contributed by atoms with Crippen molar-refractivity contribution in [1.29, 1.82) is 0 Å². The molecule has 1 saturated heterocycles. The molecule has 2 rings (SSSR count). The second kappa shape index (κ2) is 6.21. The van der Waals surface area contributed by atoms with E-state index in [1.165, 1.54) is 6.92 Å². The second-order valence-corrected chi connectivity index (χ2v) is 4.56. The van der Waals surface area contributed by atoms with Crippen LogP contribution >= 0.6 is 0 Å². The number of ketones is 1. The van der Waals surface area contributed by atoms with Gasteiger partial charge in [0, 0.05) is 6.61 Å². The van der Waals surface area contributed by atoms with Gasteiger partial charge in [-0.2, -0.15) is 0 Å². The minimum Gasteiger partial charge on any atom is -0.353 e. The topological polar surface area (TPSA) is 35.5 Å². The molecular weight excluding hydrogens is 254 g/mol. The van der Waals surface area contributed by atoms with Crippen molar-refractivity contribution in [1.82, 2.24) is 0 Å². The highest BCUT2D eigenvalue weighted by Crippen LogP contribution is 2.18. The molecule has 0 amide bonds. The van der Waals surface area contributed by atoms with E-state index in [0.29, 0.717) is 13.0 Å². The lowest BCUT2D eigenvalue weighted by atomic mass is 10.1. The molecule has 1 heterocycles. The molecule has 0 saturated carbocycles. The summed E-state index contributed by atoms with van der Waals surface area (Å²) in [4.78, 5) is 12.0. The molecule has 0 radical (unpaired) electrons. The van der Waals surface area contributed by atoms with Gasteiger partial charge < -0.3 is 9.47 Å². The Labute approximate surface area is 110 Å². The van der Waals surface area contributed by atoms with Crippen molar-refractivity contribution >= 4 is 5.78 Å². The number of rotatable bonds is 4. The van der Waals surface area contributed by atoms with Gasteiger partial charge in [0.2, 0.25) is 0 Å². The molecular formula is C14H16F2O3. The number of hydrogen-bond acceptors (Lipinski definition) is 3. The van der Waals surface area contributed by atoms with Crippen molar-refractivity contribution in [3.05, 3.63) is 35.4 Å². The van der Waals surface area contributed by atoms with E-state index in [-0.39, 0.29) is 5.56 Å². The molecule has 1 unspecified atom stereocenters. The maximum Gasteiger partial charge on any atom is 0.194 e. The van der Waals surface area contributed by atoms with Gasteiger partial charge >= 0.3 is 0 Å². The predicted octanol–water partition coefficient (Wildman–Crippen LogP) is 3.08. The average Bonchev–Trinajstić information content (AvgIpc) is 2.42. The molecule has 0 spiro atoms. The highest BCUT2D eigenvalue weighted by molar-refractivity contribution is 5.99. The molecule has 1 aromatic carbocycles. The van der Waals surface area contributed by atoms with Crippen LogP contribution in [0.25, 0.3) is 0 Å². The van der Waals surface area contributed by atoms with Crippen LogP contribution in [0, 0.1) is 11.6 Å². The largest absolute Gasteiger partial charge is 0.353 e. The third kappa shape index (κ3) is 3.58. The Kier molecular flexibility index (Phi) is 4.61. The third-order valence-corrected chi connectivity index (χ3v) is 3.06. The SMILES string of the molecule is C[C@H](OC1CCCCO1)C(=O)c1cc(F)ccc1F. The van der Waals surface area contributed by atoms with Gasteiger partial charge in [-0.25, -0.2) is 8.78 Å². The summed E-state index contributed by atoms with van der Waals surface area (Å²) in [5, 5.41) is 0. The van der Waals surface area contributed by atoms with Crippen LogP contribution in [0.1, 0.15) is 36.5 Å². The van der Waals surface area contributed by atoms with Crippen molar-refractivity contribution in [2.24, 2.45) is 0 Å². The first-order valence-corrected chi connectivity index (χ1v) is 6.34. The molecule has 0 aliphatic carbocycles. The maximum absolute atomic E-state index is 13.5. The Morgan fingerprint density at radius 3 is 2.89 bits per heavy atom. The van der Waals surface area contributed by atoms with Crippen LogP contribution in [-0.4, -0.2) is 24.8 Å². The number of carbonyl (C=O) groups is 1. The molecule has 0 bridgehead atoms. The summed E-state index contributed by atoms with van der Waals surface area (Å²) in [6, 6.07) is 2.80. The third-order valence-electron chi connectivity index (χ3n) is 3.06. The van der Waals surface area contributed by atoms with E-state index in [0.717, 1.165) is 31.0 Å². The first-order valence-electron chi connectivity index (χ1n) is 6.34. The molecule has 0 N–H and O–H groups in total. The molecule has 5 heteroatoms. The van der Waals surface area contributed by atoms with Gasteiger partial charge in [0.15, 0.2) is 12.1 Å². The smallest absolute Gasteiger partial charge is 0.194 e. The number of hydrogen-bond donors (Lipinski definition) is 0. The lowest BCUT2D eigenvalue weighted by molar-refractivity contribution is -0.174. The van der Waals surface area contributed by atoms with Crippen molar-refractivity contribution in [3.63, 3.8) is 0 Å². The fraction of sp³-hybridized carbons (Fsp3) is 0.500. The normalized spacial score (nSPS) is 21.1. The highest BCUT2D eigenvalue weighted by atomic mass is 19.1. The van der Waals surface area contributed by atoms with Crippen LogP contribution in [0.4, 0.5) is 8.78 Å². The first kappa shape index (κ1) is 14.1. The summed E-state index contributed by atoms with van der Waals surface area (Å²) in [7, 11) is 0. The van der Waals surface area contributed by atoms with Crippen LogP contribution in [0.3, 0.4) is 0 Å². The number of ether oxygens (including phenoxy) is 2. The summed E-state index contributed by atoms with van der Waals surface area (Å²) in [5.41, 5.74) is -0.289.